The fourth-order valence-electron chi connectivity index (χ4n) is 2.71. The molecule has 0 spiro atoms. The lowest BCUT2D eigenvalue weighted by atomic mass is 10.2. The number of carbonyl (C=O) groups is 2. The Labute approximate surface area is 171 Å². The second-order valence-electron chi connectivity index (χ2n) is 6.09. The molecule has 0 aliphatic carbocycles. The monoisotopic (exact) mass is 419 g/mol. The van der Waals surface area contributed by atoms with Crippen molar-refractivity contribution >= 4 is 41.1 Å². The highest BCUT2D eigenvalue weighted by Gasteiger charge is 2.23. The van der Waals surface area contributed by atoms with Crippen molar-refractivity contribution in [2.75, 3.05) is 11.9 Å². The maximum absolute atomic E-state index is 12.7. The number of thioether (sulfide) groups is 2. The zero-order valence-electron chi connectivity index (χ0n) is 15.6. The second kappa shape index (κ2) is 9.29. The number of hydrogen-bond donors (Lipinski definition) is 2. The SMILES string of the molecule is CCOC(=O)c1cccc(NC(=O)C(CC)Sc2nc3c(c(=O)[nH]2)CSC3)c1. The Morgan fingerprint density at radius 2 is 2.18 bits per heavy atom. The molecule has 9 heteroatoms. The molecule has 0 saturated carbocycles. The Balaban J connectivity index is 1.71. The van der Waals surface area contributed by atoms with Gasteiger partial charge >= 0.3 is 5.97 Å². The number of amides is 1. The van der Waals surface area contributed by atoms with E-state index < -0.39 is 11.2 Å². The zero-order chi connectivity index (χ0) is 20.1. The van der Waals surface area contributed by atoms with Crippen LogP contribution in [0.4, 0.5) is 5.69 Å². The van der Waals surface area contributed by atoms with Crippen molar-refractivity contribution in [1.82, 2.24) is 9.97 Å². The molecule has 28 heavy (non-hydrogen) atoms. The van der Waals surface area contributed by atoms with Crippen LogP contribution in [0.1, 0.15) is 41.9 Å². The lowest BCUT2D eigenvalue weighted by molar-refractivity contribution is -0.115. The number of fused-ring (bicyclic) bond motifs is 1. The molecule has 1 aliphatic rings. The van der Waals surface area contributed by atoms with Gasteiger partial charge in [-0.3, -0.25) is 9.59 Å². The van der Waals surface area contributed by atoms with Gasteiger partial charge in [0.15, 0.2) is 5.16 Å². The molecule has 1 unspecified atom stereocenters. The number of aromatic nitrogens is 2. The summed E-state index contributed by atoms with van der Waals surface area (Å²) in [6.45, 7) is 3.92. The van der Waals surface area contributed by atoms with Crippen LogP contribution < -0.4 is 10.9 Å². The van der Waals surface area contributed by atoms with Crippen molar-refractivity contribution in [1.29, 1.82) is 0 Å². The molecule has 148 valence electrons. The number of nitrogens with zero attached hydrogens (tertiary/aromatic N) is 1. The van der Waals surface area contributed by atoms with E-state index in [1.54, 1.807) is 43.0 Å². The molecular formula is C19H21N3O4S2. The van der Waals surface area contributed by atoms with Gasteiger partial charge < -0.3 is 15.0 Å². The molecule has 7 nitrogen and oxygen atoms in total. The van der Waals surface area contributed by atoms with Crippen LogP contribution in [-0.4, -0.2) is 33.7 Å². The maximum atomic E-state index is 12.7. The fraction of sp³-hybridized carbons (Fsp3) is 0.368. The van der Waals surface area contributed by atoms with Gasteiger partial charge in [-0.2, -0.15) is 11.8 Å². The number of nitrogens with one attached hydrogen (secondary N) is 2. The number of carbonyl (C=O) groups excluding carboxylic acids is 2. The quantitative estimate of drug-likeness (QED) is 0.404. The summed E-state index contributed by atoms with van der Waals surface area (Å²) in [6.07, 6.45) is 0.559. The van der Waals surface area contributed by atoms with E-state index in [-0.39, 0.29) is 18.1 Å². The molecule has 1 amide bonds. The minimum atomic E-state index is -0.433. The minimum absolute atomic E-state index is 0.130. The van der Waals surface area contributed by atoms with Crippen LogP contribution in [0.25, 0.3) is 0 Å². The normalized spacial score (nSPS) is 13.6. The van der Waals surface area contributed by atoms with Crippen LogP contribution in [0.3, 0.4) is 0 Å². The summed E-state index contributed by atoms with van der Waals surface area (Å²) in [5.41, 5.74) is 2.29. The highest BCUT2D eigenvalue weighted by molar-refractivity contribution is 8.00. The summed E-state index contributed by atoms with van der Waals surface area (Å²) in [5.74, 6) is 0.747. The van der Waals surface area contributed by atoms with Crippen LogP contribution >= 0.6 is 23.5 Å². The molecule has 3 rings (SSSR count). The zero-order valence-corrected chi connectivity index (χ0v) is 17.2. The molecule has 1 aromatic carbocycles. The largest absolute Gasteiger partial charge is 0.462 e. The molecule has 0 fully saturated rings. The first-order chi connectivity index (χ1) is 13.5. The Hall–Kier alpha value is -2.26. The summed E-state index contributed by atoms with van der Waals surface area (Å²) in [5, 5.41) is 2.85. The first-order valence-electron chi connectivity index (χ1n) is 8.96. The molecule has 2 heterocycles. The highest BCUT2D eigenvalue weighted by Crippen LogP contribution is 2.29. The van der Waals surface area contributed by atoms with E-state index in [1.165, 1.54) is 11.8 Å². The lowest BCUT2D eigenvalue weighted by Crippen LogP contribution is -2.26. The molecule has 0 radical (unpaired) electrons. The Bertz CT molecular complexity index is 945. The van der Waals surface area contributed by atoms with Crippen molar-refractivity contribution in [2.45, 2.75) is 42.2 Å². The minimum Gasteiger partial charge on any atom is -0.462 e. The number of anilines is 1. The van der Waals surface area contributed by atoms with Gasteiger partial charge in [0.1, 0.15) is 0 Å². The van der Waals surface area contributed by atoms with E-state index in [4.69, 9.17) is 4.74 Å². The molecule has 1 aliphatic heterocycles. The number of benzene rings is 1. The average molecular weight is 420 g/mol. The molecule has 1 atom stereocenters. The van der Waals surface area contributed by atoms with Crippen LogP contribution in [-0.2, 0) is 21.0 Å². The van der Waals surface area contributed by atoms with E-state index in [9.17, 15) is 14.4 Å². The van der Waals surface area contributed by atoms with E-state index >= 15 is 0 Å². The second-order valence-corrected chi connectivity index (χ2v) is 8.27. The van der Waals surface area contributed by atoms with E-state index in [0.29, 0.717) is 28.6 Å². The van der Waals surface area contributed by atoms with Crippen LogP contribution in [0.5, 0.6) is 0 Å². The fourth-order valence-corrected chi connectivity index (χ4v) is 4.67. The van der Waals surface area contributed by atoms with Crippen LogP contribution in [0, 0.1) is 0 Å². The van der Waals surface area contributed by atoms with Gasteiger partial charge in [0.2, 0.25) is 5.91 Å². The third-order valence-corrected chi connectivity index (χ3v) is 6.34. The van der Waals surface area contributed by atoms with Crippen LogP contribution in [0.15, 0.2) is 34.2 Å². The summed E-state index contributed by atoms with van der Waals surface area (Å²) in [6, 6.07) is 6.62. The molecular weight excluding hydrogens is 398 g/mol. The first kappa shape index (κ1) is 20.5. The Morgan fingerprint density at radius 3 is 2.93 bits per heavy atom. The van der Waals surface area contributed by atoms with Gasteiger partial charge in [-0.25, -0.2) is 9.78 Å². The third-order valence-electron chi connectivity index (χ3n) is 4.12. The predicted octanol–water partition coefficient (Wildman–Crippen LogP) is 3.20. The van der Waals surface area contributed by atoms with E-state index in [1.807, 2.05) is 6.92 Å². The van der Waals surface area contributed by atoms with Crippen LogP contribution in [0.2, 0.25) is 0 Å². The summed E-state index contributed by atoms with van der Waals surface area (Å²) >= 11 is 2.89. The highest BCUT2D eigenvalue weighted by atomic mass is 32.2. The first-order valence-corrected chi connectivity index (χ1v) is 11.0. The summed E-state index contributed by atoms with van der Waals surface area (Å²) < 4.78 is 4.98. The van der Waals surface area contributed by atoms with E-state index in [2.05, 4.69) is 15.3 Å². The number of ether oxygens (including phenoxy) is 1. The summed E-state index contributed by atoms with van der Waals surface area (Å²) in [4.78, 5) is 44.0. The van der Waals surface area contributed by atoms with Gasteiger partial charge in [0, 0.05) is 22.8 Å². The number of esters is 1. The van der Waals surface area contributed by atoms with Crippen molar-refractivity contribution in [3.63, 3.8) is 0 Å². The van der Waals surface area contributed by atoms with Gasteiger partial charge in [0.25, 0.3) is 5.56 Å². The molecule has 2 aromatic rings. The van der Waals surface area contributed by atoms with Gasteiger partial charge in [0.05, 0.1) is 23.1 Å². The Morgan fingerprint density at radius 1 is 1.36 bits per heavy atom. The number of aromatic amines is 1. The number of rotatable bonds is 7. The van der Waals surface area contributed by atoms with Gasteiger partial charge in [-0.05, 0) is 31.5 Å². The lowest BCUT2D eigenvalue weighted by Gasteiger charge is -2.15. The number of hydrogen-bond acceptors (Lipinski definition) is 7. The van der Waals surface area contributed by atoms with Gasteiger partial charge in [-0.1, -0.05) is 24.8 Å². The van der Waals surface area contributed by atoms with Crippen molar-refractivity contribution < 1.29 is 14.3 Å². The average Bonchev–Trinajstić information content (AvgIpc) is 3.15. The van der Waals surface area contributed by atoms with Crippen molar-refractivity contribution in [3.8, 4) is 0 Å². The van der Waals surface area contributed by atoms with E-state index in [0.717, 1.165) is 17.0 Å². The third kappa shape index (κ3) is 4.77. The predicted molar refractivity (Wildman–Crippen MR) is 111 cm³/mol. The van der Waals surface area contributed by atoms with Gasteiger partial charge in [-0.15, -0.1) is 0 Å². The molecule has 0 bridgehead atoms. The smallest absolute Gasteiger partial charge is 0.338 e. The molecule has 1 aromatic heterocycles. The topological polar surface area (TPSA) is 101 Å². The molecule has 2 N–H and O–H groups in total. The summed E-state index contributed by atoms with van der Waals surface area (Å²) in [7, 11) is 0. The maximum Gasteiger partial charge on any atom is 0.338 e. The van der Waals surface area contributed by atoms with Crippen molar-refractivity contribution in [2.24, 2.45) is 0 Å². The number of H-pyrrole nitrogens is 1. The Kier molecular flexibility index (Phi) is 6.79. The molecule has 0 saturated heterocycles. The van der Waals surface area contributed by atoms with Crippen molar-refractivity contribution in [3.05, 3.63) is 51.4 Å². The standard InChI is InChI=1S/C19H21N3O4S2/c1-3-15(28-19-21-14-10-27-9-13(14)16(23)22-19)17(24)20-12-7-5-6-11(8-12)18(25)26-4-2/h5-8,15H,3-4,9-10H2,1-2H3,(H,20,24)(H,21,22,23).